The van der Waals surface area contributed by atoms with Crippen molar-refractivity contribution in [1.82, 2.24) is 29.9 Å². The summed E-state index contributed by atoms with van der Waals surface area (Å²) >= 11 is 0. The van der Waals surface area contributed by atoms with Gasteiger partial charge in [0.1, 0.15) is 5.76 Å². The van der Waals surface area contributed by atoms with Crippen LogP contribution < -0.4 is 5.32 Å². The normalized spacial score (nSPS) is 17.6. The molecule has 0 aromatic carbocycles. The van der Waals surface area contributed by atoms with Crippen molar-refractivity contribution >= 4 is 5.91 Å². The Hall–Kier alpha value is -2.19. The maximum atomic E-state index is 12.5. The summed E-state index contributed by atoms with van der Waals surface area (Å²) in [6.07, 6.45) is 3.48. The van der Waals surface area contributed by atoms with Crippen LogP contribution in [0.4, 0.5) is 0 Å². The van der Waals surface area contributed by atoms with E-state index in [9.17, 15) is 4.79 Å². The second kappa shape index (κ2) is 7.37. The minimum absolute atomic E-state index is 0.0499. The van der Waals surface area contributed by atoms with Crippen LogP contribution >= 0.6 is 0 Å². The Morgan fingerprint density at radius 1 is 1.32 bits per heavy atom. The number of carbonyl (C=O) groups excluding carboxylic acids is 1. The van der Waals surface area contributed by atoms with Gasteiger partial charge in [0.15, 0.2) is 5.69 Å². The van der Waals surface area contributed by atoms with Gasteiger partial charge in [0.05, 0.1) is 11.8 Å². The summed E-state index contributed by atoms with van der Waals surface area (Å²) < 4.78 is 7.31. The monoisotopic (exact) mass is 346 g/mol. The predicted molar refractivity (Wildman–Crippen MR) is 94.3 cm³/mol. The Morgan fingerprint density at radius 2 is 2.04 bits per heavy atom. The van der Waals surface area contributed by atoms with E-state index >= 15 is 0 Å². The molecule has 1 amide bonds. The fourth-order valence-electron chi connectivity index (χ4n) is 3.02. The van der Waals surface area contributed by atoms with Crippen molar-refractivity contribution in [1.29, 1.82) is 0 Å². The number of aryl methyl sites for hydroxylation is 2. The molecule has 1 N–H and O–H groups in total. The number of amides is 1. The van der Waals surface area contributed by atoms with Crippen LogP contribution in [0.25, 0.3) is 11.5 Å². The van der Waals surface area contributed by atoms with Crippen LogP contribution in [0, 0.1) is 6.92 Å². The van der Waals surface area contributed by atoms with Crippen molar-refractivity contribution in [2.45, 2.75) is 19.9 Å². The summed E-state index contributed by atoms with van der Waals surface area (Å²) in [6, 6.07) is 0.0499. The van der Waals surface area contributed by atoms with Gasteiger partial charge in [-0.2, -0.15) is 5.10 Å². The number of rotatable bonds is 5. The lowest BCUT2D eigenvalue weighted by atomic mass is 10.2. The van der Waals surface area contributed by atoms with Crippen LogP contribution in [0.2, 0.25) is 0 Å². The number of carbonyl (C=O) groups is 1. The van der Waals surface area contributed by atoms with Crippen molar-refractivity contribution in [3.8, 4) is 11.5 Å². The molecule has 0 radical (unpaired) electrons. The highest BCUT2D eigenvalue weighted by molar-refractivity contribution is 5.93. The van der Waals surface area contributed by atoms with Crippen LogP contribution in [0.3, 0.4) is 0 Å². The Kier molecular flexibility index (Phi) is 5.19. The molecular weight excluding hydrogens is 320 g/mol. The molecule has 3 rings (SSSR count). The molecule has 136 valence electrons. The summed E-state index contributed by atoms with van der Waals surface area (Å²) in [4.78, 5) is 21.6. The lowest BCUT2D eigenvalue weighted by Crippen LogP contribution is -2.49. The number of likely N-dealkylation sites (N-methyl/N-ethyl adjacent to an activating group) is 1. The first-order valence-electron chi connectivity index (χ1n) is 8.60. The van der Waals surface area contributed by atoms with Gasteiger partial charge in [-0.3, -0.25) is 14.4 Å². The topological polar surface area (TPSA) is 79.4 Å². The summed E-state index contributed by atoms with van der Waals surface area (Å²) in [5.74, 6) is 0.739. The first kappa shape index (κ1) is 17.6. The third-order valence-electron chi connectivity index (χ3n) is 4.47. The fourth-order valence-corrected chi connectivity index (χ4v) is 3.02. The van der Waals surface area contributed by atoms with E-state index in [0.29, 0.717) is 17.3 Å². The quantitative estimate of drug-likeness (QED) is 0.861. The summed E-state index contributed by atoms with van der Waals surface area (Å²) in [7, 11) is 3.96. The van der Waals surface area contributed by atoms with Crippen LogP contribution in [-0.4, -0.2) is 76.3 Å². The molecule has 2 aromatic rings. The molecule has 1 saturated heterocycles. The van der Waals surface area contributed by atoms with Crippen molar-refractivity contribution < 1.29 is 9.21 Å². The van der Waals surface area contributed by atoms with Gasteiger partial charge in [-0.25, -0.2) is 4.98 Å². The van der Waals surface area contributed by atoms with Gasteiger partial charge in [-0.05, 0) is 20.9 Å². The molecule has 0 saturated carbocycles. The number of oxazole rings is 1. The van der Waals surface area contributed by atoms with E-state index in [1.54, 1.807) is 17.8 Å². The van der Waals surface area contributed by atoms with E-state index < -0.39 is 0 Å². The van der Waals surface area contributed by atoms with Crippen molar-refractivity contribution in [2.24, 2.45) is 7.05 Å². The fraction of sp³-hybridized carbons (Fsp3) is 0.588. The highest BCUT2D eigenvalue weighted by atomic mass is 16.4. The third-order valence-corrected chi connectivity index (χ3v) is 4.47. The molecule has 1 aliphatic rings. The number of piperazine rings is 1. The molecular formula is C17H26N6O2. The van der Waals surface area contributed by atoms with Crippen LogP contribution in [0.5, 0.6) is 0 Å². The van der Waals surface area contributed by atoms with Gasteiger partial charge >= 0.3 is 0 Å². The van der Waals surface area contributed by atoms with E-state index in [1.807, 2.05) is 20.2 Å². The van der Waals surface area contributed by atoms with Crippen molar-refractivity contribution in [3.63, 3.8) is 0 Å². The van der Waals surface area contributed by atoms with Crippen LogP contribution in [0.1, 0.15) is 23.2 Å². The Morgan fingerprint density at radius 3 is 2.68 bits per heavy atom. The number of nitrogens with one attached hydrogen (secondary N) is 1. The number of nitrogens with zero attached hydrogens (tertiary/aromatic N) is 5. The SMILES string of the molecule is Cc1oc(-c2cnn(C)c2)nc1C(=O)NC(C)CN1CCN(C)CC1. The number of hydrogen-bond donors (Lipinski definition) is 1. The van der Waals surface area contributed by atoms with Crippen LogP contribution in [-0.2, 0) is 7.05 Å². The molecule has 8 nitrogen and oxygen atoms in total. The molecule has 25 heavy (non-hydrogen) atoms. The molecule has 3 heterocycles. The lowest BCUT2D eigenvalue weighted by molar-refractivity contribution is 0.0909. The number of aromatic nitrogens is 3. The number of hydrogen-bond acceptors (Lipinski definition) is 6. The summed E-state index contributed by atoms with van der Waals surface area (Å²) in [5, 5.41) is 7.13. The highest BCUT2D eigenvalue weighted by Gasteiger charge is 2.22. The van der Waals surface area contributed by atoms with E-state index in [1.165, 1.54) is 0 Å². The second-order valence-electron chi connectivity index (χ2n) is 6.80. The molecule has 1 unspecified atom stereocenters. The molecule has 0 bridgehead atoms. The zero-order chi connectivity index (χ0) is 18.0. The van der Waals surface area contributed by atoms with Crippen molar-refractivity contribution in [3.05, 3.63) is 23.8 Å². The van der Waals surface area contributed by atoms with E-state index in [2.05, 4.69) is 32.2 Å². The van der Waals surface area contributed by atoms with E-state index in [-0.39, 0.29) is 11.9 Å². The van der Waals surface area contributed by atoms with Gasteiger partial charge in [0.25, 0.3) is 5.91 Å². The lowest BCUT2D eigenvalue weighted by Gasteiger charge is -2.33. The molecule has 1 fully saturated rings. The maximum absolute atomic E-state index is 12.5. The molecule has 2 aromatic heterocycles. The van der Waals surface area contributed by atoms with Crippen molar-refractivity contribution in [2.75, 3.05) is 39.8 Å². The van der Waals surface area contributed by atoms with Gasteiger partial charge in [0.2, 0.25) is 5.89 Å². The molecule has 0 aliphatic carbocycles. The third kappa shape index (κ3) is 4.26. The second-order valence-corrected chi connectivity index (χ2v) is 6.80. The van der Waals surface area contributed by atoms with E-state index in [0.717, 1.165) is 38.3 Å². The maximum Gasteiger partial charge on any atom is 0.273 e. The molecule has 1 aliphatic heterocycles. The van der Waals surface area contributed by atoms with E-state index in [4.69, 9.17) is 4.42 Å². The first-order chi connectivity index (χ1) is 11.9. The zero-order valence-corrected chi connectivity index (χ0v) is 15.3. The zero-order valence-electron chi connectivity index (χ0n) is 15.3. The van der Waals surface area contributed by atoms with Gasteiger partial charge in [-0.1, -0.05) is 0 Å². The molecule has 8 heteroatoms. The standard InChI is InChI=1S/C17H26N6O2/c1-12(10-23-7-5-21(3)6-8-23)19-16(24)15-13(2)25-17(20-15)14-9-18-22(4)11-14/h9,11-12H,5-8,10H2,1-4H3,(H,19,24). The molecule has 0 spiro atoms. The molecule has 1 atom stereocenters. The Labute approximate surface area is 147 Å². The van der Waals surface area contributed by atoms with Gasteiger partial charge in [0, 0.05) is 52.0 Å². The van der Waals surface area contributed by atoms with Crippen LogP contribution in [0.15, 0.2) is 16.8 Å². The summed E-state index contributed by atoms with van der Waals surface area (Å²) in [5.41, 5.74) is 1.10. The average molecular weight is 346 g/mol. The minimum atomic E-state index is -0.196. The largest absolute Gasteiger partial charge is 0.440 e. The average Bonchev–Trinajstić information content (AvgIpc) is 3.15. The first-order valence-corrected chi connectivity index (χ1v) is 8.60. The summed E-state index contributed by atoms with van der Waals surface area (Å²) in [6.45, 7) is 8.82. The van der Waals surface area contributed by atoms with Gasteiger partial charge < -0.3 is 14.6 Å². The Bertz CT molecular complexity index is 729. The highest BCUT2D eigenvalue weighted by Crippen LogP contribution is 2.21. The minimum Gasteiger partial charge on any atom is -0.440 e. The van der Waals surface area contributed by atoms with Gasteiger partial charge in [-0.15, -0.1) is 0 Å². The Balaban J connectivity index is 1.60. The predicted octanol–water partition coefficient (Wildman–Crippen LogP) is 0.749. The smallest absolute Gasteiger partial charge is 0.273 e.